The first-order chi connectivity index (χ1) is 7.82. The van der Waals surface area contributed by atoms with E-state index in [9.17, 15) is 0 Å². The summed E-state index contributed by atoms with van der Waals surface area (Å²) in [5, 5.41) is 0. The third-order valence-electron chi connectivity index (χ3n) is 3.29. The van der Waals surface area contributed by atoms with Gasteiger partial charge < -0.3 is 20.3 Å². The van der Waals surface area contributed by atoms with Gasteiger partial charge in [-0.05, 0) is 60.9 Å². The van der Waals surface area contributed by atoms with Gasteiger partial charge in [0.25, 0.3) is 0 Å². The first-order valence-electron chi connectivity index (χ1n) is 6.42. The summed E-state index contributed by atoms with van der Waals surface area (Å²) in [5.74, 6) is 0. The van der Waals surface area contributed by atoms with E-state index in [1.54, 1.807) is 7.11 Å². The Labute approximate surface area is 107 Å². The summed E-state index contributed by atoms with van der Waals surface area (Å²) in [6.07, 6.45) is 2.14. The highest BCUT2D eigenvalue weighted by molar-refractivity contribution is 4.80. The first-order valence-corrected chi connectivity index (χ1v) is 6.42. The minimum atomic E-state index is -0.0974. The van der Waals surface area contributed by atoms with Crippen LogP contribution in [0.5, 0.6) is 0 Å². The van der Waals surface area contributed by atoms with Crippen LogP contribution in [0, 0.1) is 0 Å². The van der Waals surface area contributed by atoms with E-state index in [-0.39, 0.29) is 5.60 Å². The molecule has 0 radical (unpaired) electrons. The van der Waals surface area contributed by atoms with Crippen LogP contribution >= 0.6 is 0 Å². The molecule has 0 aromatic carbocycles. The first kappa shape index (κ1) is 16.8. The second-order valence-corrected chi connectivity index (χ2v) is 5.69. The van der Waals surface area contributed by atoms with Crippen molar-refractivity contribution in [3.63, 3.8) is 0 Å². The summed E-state index contributed by atoms with van der Waals surface area (Å²) < 4.78 is 5.47. The lowest BCUT2D eigenvalue weighted by Gasteiger charge is -2.33. The van der Waals surface area contributed by atoms with Gasteiger partial charge >= 0.3 is 0 Å². The second kappa shape index (κ2) is 8.03. The third kappa shape index (κ3) is 7.71. The number of rotatable bonds is 9. The van der Waals surface area contributed by atoms with Gasteiger partial charge in [-0.3, -0.25) is 0 Å². The highest BCUT2D eigenvalue weighted by Crippen LogP contribution is 2.18. The van der Waals surface area contributed by atoms with E-state index in [2.05, 4.69) is 44.8 Å². The lowest BCUT2D eigenvalue weighted by atomic mass is 9.98. The Morgan fingerprint density at radius 1 is 1.18 bits per heavy atom. The van der Waals surface area contributed by atoms with Gasteiger partial charge in [0, 0.05) is 19.7 Å². The molecule has 0 aromatic heterocycles. The Balaban J connectivity index is 4.08. The zero-order valence-electron chi connectivity index (χ0n) is 12.5. The molecule has 0 saturated carbocycles. The van der Waals surface area contributed by atoms with Crippen LogP contribution in [0.2, 0.25) is 0 Å². The molecule has 0 heterocycles. The molecule has 4 nitrogen and oxygen atoms in total. The van der Waals surface area contributed by atoms with Gasteiger partial charge in [0.15, 0.2) is 0 Å². The van der Waals surface area contributed by atoms with Crippen molar-refractivity contribution < 1.29 is 4.74 Å². The maximum atomic E-state index is 5.86. The number of likely N-dealkylation sites (N-methyl/N-ethyl adjacent to an activating group) is 1. The molecule has 0 fully saturated rings. The Morgan fingerprint density at radius 2 is 1.76 bits per heavy atom. The Bertz CT molecular complexity index is 195. The van der Waals surface area contributed by atoms with Crippen molar-refractivity contribution in [2.75, 3.05) is 47.9 Å². The van der Waals surface area contributed by atoms with Crippen LogP contribution < -0.4 is 5.73 Å². The standard InChI is InChI=1S/C13H31N3O/c1-13(2,17-6)10-12(11-14)16(5)9-7-8-15(3)4/h12H,7-11,14H2,1-6H3. The quantitative estimate of drug-likeness (QED) is 0.658. The van der Waals surface area contributed by atoms with Crippen molar-refractivity contribution in [2.24, 2.45) is 5.73 Å². The minimum Gasteiger partial charge on any atom is -0.379 e. The molecule has 0 saturated heterocycles. The van der Waals surface area contributed by atoms with Gasteiger partial charge in [-0.2, -0.15) is 0 Å². The largest absolute Gasteiger partial charge is 0.379 e. The predicted octanol–water partition coefficient (Wildman–Crippen LogP) is 1.01. The average molecular weight is 245 g/mol. The molecule has 1 atom stereocenters. The van der Waals surface area contributed by atoms with E-state index < -0.39 is 0 Å². The van der Waals surface area contributed by atoms with Gasteiger partial charge in [0.05, 0.1) is 5.60 Å². The van der Waals surface area contributed by atoms with Gasteiger partial charge in [0.1, 0.15) is 0 Å². The Hall–Kier alpha value is -0.160. The Kier molecular flexibility index (Phi) is 7.96. The fourth-order valence-electron chi connectivity index (χ4n) is 1.89. The summed E-state index contributed by atoms with van der Waals surface area (Å²) in [5.41, 5.74) is 5.76. The minimum absolute atomic E-state index is 0.0974. The maximum absolute atomic E-state index is 5.86. The summed E-state index contributed by atoms with van der Waals surface area (Å²) in [6.45, 7) is 7.12. The lowest BCUT2D eigenvalue weighted by Crippen LogP contribution is -2.44. The van der Waals surface area contributed by atoms with Crippen LogP contribution in [0.1, 0.15) is 26.7 Å². The Morgan fingerprint density at radius 3 is 2.18 bits per heavy atom. The summed E-state index contributed by atoms with van der Waals surface area (Å²) in [4.78, 5) is 4.56. The van der Waals surface area contributed by atoms with Gasteiger partial charge in [-0.25, -0.2) is 0 Å². The van der Waals surface area contributed by atoms with Crippen molar-refractivity contribution in [1.29, 1.82) is 0 Å². The number of hydrogen-bond donors (Lipinski definition) is 1. The van der Waals surface area contributed by atoms with Crippen molar-refractivity contribution in [2.45, 2.75) is 38.3 Å². The van der Waals surface area contributed by atoms with Gasteiger partial charge in [-0.1, -0.05) is 0 Å². The molecule has 0 aliphatic rings. The van der Waals surface area contributed by atoms with Crippen LogP contribution in [0.25, 0.3) is 0 Å². The van der Waals surface area contributed by atoms with Gasteiger partial charge in [0.2, 0.25) is 0 Å². The van der Waals surface area contributed by atoms with Crippen molar-refractivity contribution in [3.8, 4) is 0 Å². The molecular formula is C13H31N3O. The van der Waals surface area contributed by atoms with Crippen molar-refractivity contribution in [1.82, 2.24) is 9.80 Å². The monoisotopic (exact) mass is 245 g/mol. The number of nitrogens with zero attached hydrogens (tertiary/aromatic N) is 2. The van der Waals surface area contributed by atoms with E-state index in [1.807, 2.05) is 0 Å². The highest BCUT2D eigenvalue weighted by Gasteiger charge is 2.24. The predicted molar refractivity (Wildman–Crippen MR) is 74.3 cm³/mol. The zero-order chi connectivity index (χ0) is 13.5. The molecule has 2 N–H and O–H groups in total. The van der Waals surface area contributed by atoms with E-state index in [4.69, 9.17) is 10.5 Å². The van der Waals surface area contributed by atoms with Crippen LogP contribution in [0.15, 0.2) is 0 Å². The third-order valence-corrected chi connectivity index (χ3v) is 3.29. The lowest BCUT2D eigenvalue weighted by molar-refractivity contribution is -0.00470. The smallest absolute Gasteiger partial charge is 0.0638 e. The average Bonchev–Trinajstić information content (AvgIpc) is 2.25. The van der Waals surface area contributed by atoms with Crippen LogP contribution in [-0.2, 0) is 4.74 Å². The van der Waals surface area contributed by atoms with Crippen LogP contribution in [0.3, 0.4) is 0 Å². The molecule has 0 bridgehead atoms. The van der Waals surface area contributed by atoms with Crippen molar-refractivity contribution in [3.05, 3.63) is 0 Å². The molecule has 104 valence electrons. The fourth-order valence-corrected chi connectivity index (χ4v) is 1.89. The number of nitrogens with two attached hydrogens (primary N) is 1. The van der Waals surface area contributed by atoms with E-state index >= 15 is 0 Å². The molecule has 0 aliphatic heterocycles. The molecule has 0 aliphatic carbocycles. The molecule has 0 amide bonds. The van der Waals surface area contributed by atoms with Gasteiger partial charge in [-0.15, -0.1) is 0 Å². The van der Waals surface area contributed by atoms with Crippen LogP contribution in [-0.4, -0.2) is 69.3 Å². The molecule has 0 rings (SSSR count). The molecule has 0 aromatic rings. The number of ether oxygens (including phenoxy) is 1. The highest BCUT2D eigenvalue weighted by atomic mass is 16.5. The topological polar surface area (TPSA) is 41.7 Å². The molecular weight excluding hydrogens is 214 g/mol. The SMILES string of the molecule is COC(C)(C)CC(CN)N(C)CCCN(C)C. The number of hydrogen-bond acceptors (Lipinski definition) is 4. The summed E-state index contributed by atoms with van der Waals surface area (Å²) >= 11 is 0. The maximum Gasteiger partial charge on any atom is 0.0638 e. The summed E-state index contributed by atoms with van der Waals surface area (Å²) in [7, 11) is 8.13. The van der Waals surface area contributed by atoms with E-state index in [1.165, 1.54) is 6.42 Å². The zero-order valence-corrected chi connectivity index (χ0v) is 12.5. The molecule has 1 unspecified atom stereocenters. The molecule has 4 heteroatoms. The van der Waals surface area contributed by atoms with Crippen LogP contribution in [0.4, 0.5) is 0 Å². The molecule has 17 heavy (non-hydrogen) atoms. The fraction of sp³-hybridized carbons (Fsp3) is 1.00. The normalized spacial score (nSPS) is 14.6. The number of methoxy groups -OCH3 is 1. The van der Waals surface area contributed by atoms with Crippen molar-refractivity contribution >= 4 is 0 Å². The van der Waals surface area contributed by atoms with E-state index in [0.29, 0.717) is 12.6 Å². The molecule has 0 spiro atoms. The van der Waals surface area contributed by atoms with E-state index in [0.717, 1.165) is 19.5 Å². The summed E-state index contributed by atoms with van der Waals surface area (Å²) in [6, 6.07) is 0.395. The second-order valence-electron chi connectivity index (χ2n) is 5.69.